The van der Waals surface area contributed by atoms with E-state index in [0.717, 1.165) is 83.1 Å². The van der Waals surface area contributed by atoms with Crippen molar-refractivity contribution < 1.29 is 0 Å². The van der Waals surface area contributed by atoms with Crippen molar-refractivity contribution in [2.75, 3.05) is 33.7 Å². The molecule has 1 aliphatic heterocycles. The minimum absolute atomic E-state index is 0.776. The van der Waals surface area contributed by atoms with Gasteiger partial charge in [0.25, 0.3) is 0 Å². The number of piperidine rings is 1. The lowest BCUT2D eigenvalue weighted by molar-refractivity contribution is 0.325. The van der Waals surface area contributed by atoms with Crippen LogP contribution in [-0.2, 0) is 6.42 Å². The van der Waals surface area contributed by atoms with E-state index >= 15 is 0 Å². The lowest BCUT2D eigenvalue weighted by Gasteiger charge is -2.30. The van der Waals surface area contributed by atoms with Crippen molar-refractivity contribution in [2.24, 2.45) is 0 Å². The fourth-order valence-corrected chi connectivity index (χ4v) is 5.16. The summed E-state index contributed by atoms with van der Waals surface area (Å²) in [5.74, 6) is 0.776. The Morgan fingerprint density at radius 1 is 1.11 bits per heavy atom. The molecular formula is C30H37N7. The van der Waals surface area contributed by atoms with Crippen LogP contribution >= 0.6 is 0 Å². The van der Waals surface area contributed by atoms with Crippen LogP contribution in [-0.4, -0.2) is 68.7 Å². The molecule has 1 saturated heterocycles. The van der Waals surface area contributed by atoms with Crippen molar-refractivity contribution in [3.63, 3.8) is 0 Å². The highest BCUT2D eigenvalue weighted by molar-refractivity contribution is 5.94. The highest BCUT2D eigenvalue weighted by atomic mass is 15.2. The van der Waals surface area contributed by atoms with Crippen LogP contribution < -0.4 is 0 Å². The third kappa shape index (κ3) is 5.52. The molecule has 7 heteroatoms. The summed E-state index contributed by atoms with van der Waals surface area (Å²) in [7, 11) is 4.22. The van der Waals surface area contributed by atoms with E-state index in [1.807, 2.05) is 18.5 Å². The molecule has 1 aliphatic rings. The maximum absolute atomic E-state index is 5.05. The van der Waals surface area contributed by atoms with Crippen molar-refractivity contribution in [1.29, 1.82) is 0 Å². The van der Waals surface area contributed by atoms with Crippen molar-refractivity contribution in [3.8, 4) is 22.6 Å². The number of likely N-dealkylation sites (tertiary alicyclic amines) is 1. The molecule has 7 nitrogen and oxygen atoms in total. The van der Waals surface area contributed by atoms with Gasteiger partial charge in [-0.15, -0.1) is 0 Å². The lowest BCUT2D eigenvalue weighted by atomic mass is 10.0. The van der Waals surface area contributed by atoms with Gasteiger partial charge in [-0.25, -0.2) is 4.98 Å². The van der Waals surface area contributed by atoms with Crippen molar-refractivity contribution in [2.45, 2.75) is 39.0 Å². The Bertz CT molecular complexity index is 1400. The first-order valence-corrected chi connectivity index (χ1v) is 13.3. The second kappa shape index (κ2) is 11.1. The van der Waals surface area contributed by atoms with Crippen LogP contribution in [0.1, 0.15) is 42.6 Å². The predicted octanol–water partition coefficient (Wildman–Crippen LogP) is 5.83. The zero-order valence-electron chi connectivity index (χ0n) is 22.2. The number of allylic oxidation sites excluding steroid dienone is 2. The standard InChI is InChI=1S/C30H37N7/c1-5-10-27(37-15-7-6-8-16-37)28-21(2)32-30(33-28)29-25-18-23(12-13-26(25)34-35-29)24-17-22(19-31-20-24)11-9-14-36(3)4/h5,10,12-13,17-20H,1,6-9,11,14-16H2,2-4H3,(H,32,33)(H,34,35)/b27-10+. The molecular weight excluding hydrogens is 458 g/mol. The highest BCUT2D eigenvalue weighted by Crippen LogP contribution is 2.32. The van der Waals surface area contributed by atoms with Gasteiger partial charge >= 0.3 is 0 Å². The molecule has 0 saturated carbocycles. The number of fused-ring (bicyclic) bond motifs is 1. The summed E-state index contributed by atoms with van der Waals surface area (Å²) < 4.78 is 0. The smallest absolute Gasteiger partial charge is 0.159 e. The number of pyridine rings is 1. The van der Waals surface area contributed by atoms with Crippen LogP contribution in [0.5, 0.6) is 0 Å². The van der Waals surface area contributed by atoms with E-state index in [1.165, 1.54) is 24.8 Å². The maximum atomic E-state index is 5.05. The largest absolute Gasteiger partial charge is 0.370 e. The Morgan fingerprint density at radius 2 is 1.95 bits per heavy atom. The summed E-state index contributed by atoms with van der Waals surface area (Å²) >= 11 is 0. The lowest BCUT2D eigenvalue weighted by Crippen LogP contribution is -2.28. The molecule has 4 heterocycles. The first-order valence-electron chi connectivity index (χ1n) is 13.3. The molecule has 5 rings (SSSR count). The van der Waals surface area contributed by atoms with Gasteiger partial charge in [0, 0.05) is 42.1 Å². The molecule has 0 bridgehead atoms. The number of nitrogens with zero attached hydrogens (tertiary/aromatic N) is 5. The van der Waals surface area contributed by atoms with E-state index in [0.29, 0.717) is 0 Å². The van der Waals surface area contributed by atoms with Crippen LogP contribution in [0.25, 0.3) is 39.2 Å². The van der Waals surface area contributed by atoms with Crippen LogP contribution in [0, 0.1) is 6.92 Å². The topological polar surface area (TPSA) is 76.7 Å². The summed E-state index contributed by atoms with van der Waals surface area (Å²) in [5, 5.41) is 8.89. The molecule has 2 N–H and O–H groups in total. The number of aromatic amines is 2. The first-order chi connectivity index (χ1) is 18.0. The SMILES string of the molecule is C=C/C=C(\c1nc(-c2n[nH]c3ccc(-c4cncc(CCCN(C)C)c4)cc23)[nH]c1C)N1CCCCC1. The number of aromatic nitrogens is 5. The Labute approximate surface area is 219 Å². The summed E-state index contributed by atoms with van der Waals surface area (Å²) in [6.45, 7) is 9.21. The van der Waals surface area contributed by atoms with Gasteiger partial charge in [0.2, 0.25) is 0 Å². The van der Waals surface area contributed by atoms with Crippen molar-refractivity contribution >= 4 is 16.6 Å². The van der Waals surface area contributed by atoms with E-state index in [9.17, 15) is 0 Å². The van der Waals surface area contributed by atoms with E-state index in [2.05, 4.69) is 87.9 Å². The summed E-state index contributed by atoms with van der Waals surface area (Å²) in [6.07, 6.45) is 13.7. The van der Waals surface area contributed by atoms with Crippen LogP contribution in [0.15, 0.2) is 55.4 Å². The highest BCUT2D eigenvalue weighted by Gasteiger charge is 2.21. The average molecular weight is 496 g/mol. The molecule has 0 radical (unpaired) electrons. The quantitative estimate of drug-likeness (QED) is 0.286. The molecule has 1 fully saturated rings. The Balaban J connectivity index is 1.46. The normalized spacial score (nSPS) is 14.6. The number of aryl methyl sites for hydroxylation is 2. The third-order valence-corrected chi connectivity index (χ3v) is 7.09. The second-order valence-electron chi connectivity index (χ2n) is 10.2. The van der Waals surface area contributed by atoms with Crippen molar-refractivity contribution in [3.05, 3.63) is 72.3 Å². The van der Waals surface area contributed by atoms with E-state index in [4.69, 9.17) is 4.98 Å². The molecule has 192 valence electrons. The summed E-state index contributed by atoms with van der Waals surface area (Å²) in [6, 6.07) is 8.67. The molecule has 0 unspecified atom stereocenters. The fraction of sp³-hybridized carbons (Fsp3) is 0.367. The Kier molecular flexibility index (Phi) is 7.51. The number of hydrogen-bond acceptors (Lipinski definition) is 5. The number of benzene rings is 1. The van der Waals surface area contributed by atoms with Crippen LogP contribution in [0.2, 0.25) is 0 Å². The number of imidazole rings is 1. The zero-order chi connectivity index (χ0) is 25.8. The van der Waals surface area contributed by atoms with E-state index in [1.54, 1.807) is 0 Å². The predicted molar refractivity (Wildman–Crippen MR) is 152 cm³/mol. The fourth-order valence-electron chi connectivity index (χ4n) is 5.16. The third-order valence-electron chi connectivity index (χ3n) is 7.09. The average Bonchev–Trinajstić information content (AvgIpc) is 3.50. The maximum Gasteiger partial charge on any atom is 0.159 e. The molecule has 0 aliphatic carbocycles. The molecule has 0 amide bonds. The Morgan fingerprint density at radius 3 is 2.73 bits per heavy atom. The summed E-state index contributed by atoms with van der Waals surface area (Å²) in [4.78, 5) is 17.7. The van der Waals surface area contributed by atoms with E-state index in [-0.39, 0.29) is 0 Å². The van der Waals surface area contributed by atoms with Gasteiger partial charge in [0.1, 0.15) is 11.4 Å². The van der Waals surface area contributed by atoms with Gasteiger partial charge in [-0.05, 0) is 95.1 Å². The second-order valence-corrected chi connectivity index (χ2v) is 10.2. The van der Waals surface area contributed by atoms with Crippen molar-refractivity contribution in [1.82, 2.24) is 34.9 Å². The first kappa shape index (κ1) is 25.0. The number of H-pyrrole nitrogens is 2. The van der Waals surface area contributed by atoms with Gasteiger partial charge in [-0.1, -0.05) is 18.7 Å². The zero-order valence-corrected chi connectivity index (χ0v) is 22.2. The van der Waals surface area contributed by atoms with Crippen LogP contribution in [0.4, 0.5) is 0 Å². The number of rotatable bonds is 9. The minimum atomic E-state index is 0.776. The molecule has 3 aromatic heterocycles. The number of nitrogens with one attached hydrogen (secondary N) is 2. The summed E-state index contributed by atoms with van der Waals surface area (Å²) in [5.41, 5.74) is 8.47. The van der Waals surface area contributed by atoms with Gasteiger partial charge in [0.05, 0.1) is 11.2 Å². The molecule has 0 atom stereocenters. The number of hydrogen-bond donors (Lipinski definition) is 2. The van der Waals surface area contributed by atoms with Gasteiger partial charge in [0.15, 0.2) is 5.82 Å². The van der Waals surface area contributed by atoms with Gasteiger partial charge in [-0.3, -0.25) is 10.1 Å². The molecule has 4 aromatic rings. The van der Waals surface area contributed by atoms with Gasteiger partial charge in [-0.2, -0.15) is 5.10 Å². The van der Waals surface area contributed by atoms with E-state index < -0.39 is 0 Å². The van der Waals surface area contributed by atoms with Gasteiger partial charge < -0.3 is 14.8 Å². The molecule has 0 spiro atoms. The molecule has 37 heavy (non-hydrogen) atoms. The molecule has 1 aromatic carbocycles. The Hall–Kier alpha value is -3.71. The minimum Gasteiger partial charge on any atom is -0.370 e. The van der Waals surface area contributed by atoms with Crippen LogP contribution in [0.3, 0.4) is 0 Å². The monoisotopic (exact) mass is 495 g/mol.